The molecule has 3 rings (SSSR count). The zero-order valence-electron chi connectivity index (χ0n) is 14.7. The van der Waals surface area contributed by atoms with Gasteiger partial charge in [0.25, 0.3) is 0 Å². The Hall–Kier alpha value is -2.86. The molecule has 0 radical (unpaired) electrons. The number of rotatable bonds is 7. The number of nitrogens with one attached hydrogen (secondary N) is 1. The van der Waals surface area contributed by atoms with Crippen LogP contribution in [0.25, 0.3) is 0 Å². The Kier molecular flexibility index (Phi) is 4.95. The number of esters is 2. The summed E-state index contributed by atoms with van der Waals surface area (Å²) in [5, 5.41) is 3.39. The maximum atomic E-state index is 12.5. The van der Waals surface area contributed by atoms with Crippen molar-refractivity contribution in [3.63, 3.8) is 0 Å². The molecule has 2 aliphatic heterocycles. The number of carbonyl (C=O) groups excluding carboxylic acids is 2. The van der Waals surface area contributed by atoms with Crippen LogP contribution in [0.1, 0.15) is 6.42 Å². The molecule has 0 unspecified atom stereocenters. The smallest absolute Gasteiger partial charge is 0.337 e. The van der Waals surface area contributed by atoms with E-state index in [1.54, 1.807) is 18.2 Å². The van der Waals surface area contributed by atoms with E-state index in [9.17, 15) is 9.59 Å². The highest BCUT2D eigenvalue weighted by atomic mass is 16.6. The number of anilines is 1. The van der Waals surface area contributed by atoms with Crippen molar-refractivity contribution in [2.24, 2.45) is 0 Å². The van der Waals surface area contributed by atoms with E-state index in [4.69, 9.17) is 14.2 Å². The van der Waals surface area contributed by atoms with E-state index in [1.807, 2.05) is 30.3 Å². The minimum Gasteiger partial charge on any atom is -0.466 e. The molecule has 26 heavy (non-hydrogen) atoms. The molecule has 0 saturated carbocycles. The third kappa shape index (κ3) is 2.82. The third-order valence-corrected chi connectivity index (χ3v) is 4.61. The molecule has 136 valence electrons. The van der Waals surface area contributed by atoms with Gasteiger partial charge in [0.2, 0.25) is 0 Å². The monoisotopic (exact) mass is 355 g/mol. The summed E-state index contributed by atoms with van der Waals surface area (Å²) in [5.74, 6) is -1.21. The van der Waals surface area contributed by atoms with E-state index in [1.165, 1.54) is 14.2 Å². The van der Waals surface area contributed by atoms with Gasteiger partial charge in [0.15, 0.2) is 0 Å². The Morgan fingerprint density at radius 2 is 1.96 bits per heavy atom. The molecule has 0 fully saturated rings. The normalized spacial score (nSPS) is 24.3. The predicted octanol–water partition coefficient (Wildman–Crippen LogP) is 2.39. The van der Waals surface area contributed by atoms with Gasteiger partial charge in [-0.15, -0.1) is 6.58 Å². The molecular formula is C20H21NO5. The summed E-state index contributed by atoms with van der Waals surface area (Å²) in [7, 11) is 2.55. The molecule has 1 N–H and O–H groups in total. The summed E-state index contributed by atoms with van der Waals surface area (Å²) >= 11 is 0. The molecule has 0 amide bonds. The summed E-state index contributed by atoms with van der Waals surface area (Å²) in [6.07, 6.45) is 5.18. The maximum absolute atomic E-state index is 12.5. The van der Waals surface area contributed by atoms with Gasteiger partial charge in [-0.25, -0.2) is 9.59 Å². The van der Waals surface area contributed by atoms with E-state index < -0.39 is 23.6 Å². The number of hydrogen-bond donors (Lipinski definition) is 1. The molecule has 0 saturated heterocycles. The Balaban J connectivity index is 2.07. The van der Waals surface area contributed by atoms with Crippen molar-refractivity contribution < 1.29 is 23.8 Å². The van der Waals surface area contributed by atoms with Gasteiger partial charge in [0, 0.05) is 5.69 Å². The predicted molar refractivity (Wildman–Crippen MR) is 96.5 cm³/mol. The van der Waals surface area contributed by atoms with Crippen molar-refractivity contribution in [3.05, 3.63) is 66.3 Å². The average molecular weight is 355 g/mol. The fourth-order valence-corrected chi connectivity index (χ4v) is 3.48. The highest BCUT2D eigenvalue weighted by Crippen LogP contribution is 2.47. The van der Waals surface area contributed by atoms with Gasteiger partial charge in [-0.2, -0.15) is 0 Å². The van der Waals surface area contributed by atoms with E-state index in [0.29, 0.717) is 6.42 Å². The van der Waals surface area contributed by atoms with Gasteiger partial charge < -0.3 is 19.5 Å². The van der Waals surface area contributed by atoms with Gasteiger partial charge in [-0.05, 0) is 24.6 Å². The minimum atomic E-state index is -1.13. The van der Waals surface area contributed by atoms with E-state index in [-0.39, 0.29) is 17.2 Å². The molecule has 2 aliphatic rings. The van der Waals surface area contributed by atoms with Crippen LogP contribution >= 0.6 is 0 Å². The van der Waals surface area contributed by atoms with Crippen molar-refractivity contribution in [3.8, 4) is 0 Å². The maximum Gasteiger partial charge on any atom is 0.337 e. The lowest BCUT2D eigenvalue weighted by Gasteiger charge is -2.35. The zero-order valence-corrected chi connectivity index (χ0v) is 14.7. The summed E-state index contributed by atoms with van der Waals surface area (Å²) < 4.78 is 15.9. The zero-order chi connectivity index (χ0) is 18.7. The first-order chi connectivity index (χ1) is 12.6. The summed E-state index contributed by atoms with van der Waals surface area (Å²) in [6, 6.07) is 9.20. The SMILES string of the molecule is C=CC[C@@H](Nc1ccccc1)[C@]12C=C[C@H](O1)C(C(=O)OC)=C2C(=O)OC. The molecule has 2 bridgehead atoms. The van der Waals surface area contributed by atoms with Crippen LogP contribution < -0.4 is 5.32 Å². The summed E-state index contributed by atoms with van der Waals surface area (Å²) in [6.45, 7) is 3.81. The van der Waals surface area contributed by atoms with Crippen molar-refractivity contribution >= 4 is 17.6 Å². The quantitative estimate of drug-likeness (QED) is 0.598. The lowest BCUT2D eigenvalue weighted by molar-refractivity contribution is -0.139. The van der Waals surface area contributed by atoms with E-state index >= 15 is 0 Å². The molecule has 6 heteroatoms. The Bertz CT molecular complexity index is 783. The van der Waals surface area contributed by atoms with Crippen molar-refractivity contribution in [2.75, 3.05) is 19.5 Å². The number of ether oxygens (including phenoxy) is 3. The first kappa shape index (κ1) is 17.9. The molecule has 2 heterocycles. The van der Waals surface area contributed by atoms with Crippen LogP contribution in [0.2, 0.25) is 0 Å². The molecule has 0 aromatic heterocycles. The van der Waals surface area contributed by atoms with E-state index in [0.717, 1.165) is 5.69 Å². The van der Waals surface area contributed by atoms with Crippen molar-refractivity contribution in [1.82, 2.24) is 0 Å². The number of fused-ring (bicyclic) bond motifs is 2. The molecule has 1 aromatic rings. The lowest BCUT2D eigenvalue weighted by Crippen LogP contribution is -2.48. The highest BCUT2D eigenvalue weighted by molar-refractivity contribution is 6.05. The van der Waals surface area contributed by atoms with Crippen molar-refractivity contribution in [1.29, 1.82) is 0 Å². The fraction of sp³-hybridized carbons (Fsp3) is 0.300. The fourth-order valence-electron chi connectivity index (χ4n) is 3.48. The standard InChI is InChI=1S/C20H21NO5/c1-4-8-15(21-13-9-6-5-7-10-13)20-12-11-14(26-20)16(18(22)24-2)17(20)19(23)25-3/h4-7,9-12,14-15,21H,1,8H2,2-3H3/t14-,15+,20-/m0/s1. The number of benzene rings is 1. The first-order valence-electron chi connectivity index (χ1n) is 8.28. The topological polar surface area (TPSA) is 73.9 Å². The van der Waals surface area contributed by atoms with Gasteiger partial charge in [0.05, 0.1) is 31.4 Å². The van der Waals surface area contributed by atoms with Crippen LogP contribution in [0.4, 0.5) is 5.69 Å². The number of para-hydroxylation sites is 1. The average Bonchev–Trinajstić information content (AvgIpc) is 3.25. The van der Waals surface area contributed by atoms with Crippen molar-refractivity contribution in [2.45, 2.75) is 24.2 Å². The van der Waals surface area contributed by atoms with Crippen LogP contribution in [-0.2, 0) is 23.8 Å². The molecule has 0 aliphatic carbocycles. The highest BCUT2D eigenvalue weighted by Gasteiger charge is 2.58. The largest absolute Gasteiger partial charge is 0.466 e. The number of carbonyl (C=O) groups is 2. The second-order valence-corrected chi connectivity index (χ2v) is 6.05. The van der Waals surface area contributed by atoms with E-state index in [2.05, 4.69) is 11.9 Å². The van der Waals surface area contributed by atoms with Crippen LogP contribution in [-0.4, -0.2) is 43.9 Å². The van der Waals surface area contributed by atoms with Gasteiger partial charge >= 0.3 is 11.9 Å². The summed E-state index contributed by atoms with van der Waals surface area (Å²) in [5.41, 5.74) is 0.0935. The molecule has 1 aromatic carbocycles. The Morgan fingerprint density at radius 1 is 1.27 bits per heavy atom. The number of methoxy groups -OCH3 is 2. The molecule has 3 atom stereocenters. The van der Waals surface area contributed by atoms with Gasteiger partial charge in [-0.1, -0.05) is 30.4 Å². The van der Waals surface area contributed by atoms with Gasteiger partial charge in [-0.3, -0.25) is 0 Å². The molecule has 0 spiro atoms. The Morgan fingerprint density at radius 3 is 2.58 bits per heavy atom. The molecular weight excluding hydrogens is 334 g/mol. The van der Waals surface area contributed by atoms with Crippen LogP contribution in [0.5, 0.6) is 0 Å². The van der Waals surface area contributed by atoms with Crippen LogP contribution in [0.3, 0.4) is 0 Å². The van der Waals surface area contributed by atoms with Gasteiger partial charge in [0.1, 0.15) is 11.7 Å². The molecule has 6 nitrogen and oxygen atoms in total. The Labute approximate surface area is 152 Å². The van der Waals surface area contributed by atoms with Crippen LogP contribution in [0, 0.1) is 0 Å². The lowest BCUT2D eigenvalue weighted by atomic mass is 9.80. The minimum absolute atomic E-state index is 0.176. The number of hydrogen-bond acceptors (Lipinski definition) is 6. The second kappa shape index (κ2) is 7.17. The first-order valence-corrected chi connectivity index (χ1v) is 8.28. The summed E-state index contributed by atoms with van der Waals surface area (Å²) in [4.78, 5) is 24.8. The second-order valence-electron chi connectivity index (χ2n) is 6.05. The third-order valence-electron chi connectivity index (χ3n) is 4.61. The van der Waals surface area contributed by atoms with Crippen LogP contribution in [0.15, 0.2) is 66.3 Å².